The smallest absolute Gasteiger partial charge is 0.206 e. The molecule has 124 valence electrons. The van der Waals surface area contributed by atoms with E-state index in [2.05, 4.69) is 21.4 Å². The van der Waals surface area contributed by atoms with E-state index in [9.17, 15) is 0 Å². The van der Waals surface area contributed by atoms with Crippen LogP contribution in [0.25, 0.3) is 11.0 Å². The van der Waals surface area contributed by atoms with E-state index < -0.39 is 0 Å². The van der Waals surface area contributed by atoms with Gasteiger partial charge >= 0.3 is 0 Å². The molecule has 5 nitrogen and oxygen atoms in total. The molecule has 1 aromatic heterocycles. The topological polar surface area (TPSA) is 50.3 Å². The second-order valence-electron chi connectivity index (χ2n) is 6.87. The summed E-state index contributed by atoms with van der Waals surface area (Å²) in [5, 5.41) is 0.596. The van der Waals surface area contributed by atoms with Crippen LogP contribution in [-0.4, -0.2) is 47.7 Å². The van der Waals surface area contributed by atoms with Crippen molar-refractivity contribution < 1.29 is 0 Å². The maximum Gasteiger partial charge on any atom is 0.206 e. The number of anilines is 2. The van der Waals surface area contributed by atoms with Crippen LogP contribution in [0.4, 0.5) is 11.6 Å². The van der Waals surface area contributed by atoms with E-state index in [0.29, 0.717) is 16.8 Å². The van der Waals surface area contributed by atoms with Crippen molar-refractivity contribution in [2.45, 2.75) is 31.7 Å². The zero-order valence-corrected chi connectivity index (χ0v) is 14.4. The number of nitrogens with two attached hydrogens (primary N) is 1. The van der Waals surface area contributed by atoms with E-state index in [1.165, 1.54) is 25.7 Å². The number of aromatic nitrogens is 2. The highest BCUT2D eigenvalue weighted by molar-refractivity contribution is 6.33. The average molecular weight is 334 g/mol. The van der Waals surface area contributed by atoms with Crippen LogP contribution in [-0.2, 0) is 0 Å². The Morgan fingerprint density at radius 2 is 1.83 bits per heavy atom. The van der Waals surface area contributed by atoms with Gasteiger partial charge in [-0.05, 0) is 32.0 Å². The number of nitrogens with zero attached hydrogens (tertiary/aromatic N) is 4. The standard InChI is InChI=1S/C17H24ClN5/c1-21-6-8-22(9-7-21)17-20-15-10-13(18)14(19)11-16(15)23(17)12-4-2-3-5-12/h10-12H,2-9,19H2,1H3. The molecule has 1 saturated heterocycles. The maximum absolute atomic E-state index is 6.22. The first-order valence-electron chi connectivity index (χ1n) is 8.54. The highest BCUT2D eigenvalue weighted by Gasteiger charge is 2.27. The van der Waals surface area contributed by atoms with Gasteiger partial charge in [0, 0.05) is 32.2 Å². The average Bonchev–Trinajstić information content (AvgIpc) is 3.16. The van der Waals surface area contributed by atoms with Crippen LogP contribution in [0.3, 0.4) is 0 Å². The Kier molecular flexibility index (Phi) is 3.85. The quantitative estimate of drug-likeness (QED) is 0.858. The van der Waals surface area contributed by atoms with Gasteiger partial charge in [-0.15, -0.1) is 0 Å². The summed E-state index contributed by atoms with van der Waals surface area (Å²) in [6, 6.07) is 4.45. The van der Waals surface area contributed by atoms with Gasteiger partial charge in [0.05, 0.1) is 21.7 Å². The highest BCUT2D eigenvalue weighted by Crippen LogP contribution is 2.38. The van der Waals surface area contributed by atoms with Gasteiger partial charge in [0.1, 0.15) is 0 Å². The number of fused-ring (bicyclic) bond motifs is 1. The summed E-state index contributed by atoms with van der Waals surface area (Å²) in [6.07, 6.45) is 5.06. The molecule has 1 aliphatic carbocycles. The summed E-state index contributed by atoms with van der Waals surface area (Å²) in [5.41, 5.74) is 8.80. The minimum absolute atomic E-state index is 0.537. The van der Waals surface area contributed by atoms with Crippen molar-refractivity contribution in [1.82, 2.24) is 14.5 Å². The zero-order valence-electron chi connectivity index (χ0n) is 13.6. The molecule has 2 fully saturated rings. The molecule has 0 bridgehead atoms. The van der Waals surface area contributed by atoms with Crippen LogP contribution in [0.1, 0.15) is 31.7 Å². The Balaban J connectivity index is 1.83. The minimum atomic E-state index is 0.537. The first-order chi connectivity index (χ1) is 11.1. The Morgan fingerprint density at radius 3 is 2.52 bits per heavy atom. The number of benzene rings is 1. The lowest BCUT2D eigenvalue weighted by Crippen LogP contribution is -2.45. The Labute approximate surface area is 142 Å². The summed E-state index contributed by atoms with van der Waals surface area (Å²) in [5.74, 6) is 1.10. The van der Waals surface area contributed by atoms with E-state index in [0.717, 1.165) is 43.2 Å². The summed E-state index contributed by atoms with van der Waals surface area (Å²) in [6.45, 7) is 4.21. The Morgan fingerprint density at radius 1 is 1.13 bits per heavy atom. The van der Waals surface area contributed by atoms with E-state index in [1.54, 1.807) is 0 Å². The largest absolute Gasteiger partial charge is 0.397 e. The van der Waals surface area contributed by atoms with Crippen LogP contribution in [0.2, 0.25) is 5.02 Å². The molecule has 0 amide bonds. The fourth-order valence-corrected chi connectivity index (χ4v) is 4.03. The van der Waals surface area contributed by atoms with Crippen LogP contribution in [0.15, 0.2) is 12.1 Å². The molecule has 2 heterocycles. The number of likely N-dealkylation sites (N-methyl/N-ethyl adjacent to an activating group) is 1. The molecule has 1 aliphatic heterocycles. The lowest BCUT2D eigenvalue weighted by Gasteiger charge is -2.34. The molecule has 0 unspecified atom stereocenters. The first-order valence-corrected chi connectivity index (χ1v) is 8.92. The zero-order chi connectivity index (χ0) is 16.0. The van der Waals surface area contributed by atoms with Gasteiger partial charge in [0.2, 0.25) is 5.95 Å². The molecular formula is C17H24ClN5. The molecule has 2 N–H and O–H groups in total. The maximum atomic E-state index is 6.22. The van der Waals surface area contributed by atoms with Crippen LogP contribution in [0, 0.1) is 0 Å². The van der Waals surface area contributed by atoms with Crippen molar-refractivity contribution in [3.8, 4) is 0 Å². The Hall–Kier alpha value is -1.46. The molecule has 0 radical (unpaired) electrons. The van der Waals surface area contributed by atoms with E-state index in [-0.39, 0.29) is 0 Å². The third-order valence-corrected chi connectivity index (χ3v) is 5.59. The minimum Gasteiger partial charge on any atom is -0.397 e. The highest BCUT2D eigenvalue weighted by atomic mass is 35.5. The van der Waals surface area contributed by atoms with Crippen molar-refractivity contribution >= 4 is 34.3 Å². The number of imidazole rings is 1. The fraction of sp³-hybridized carbons (Fsp3) is 0.588. The van der Waals surface area contributed by atoms with E-state index >= 15 is 0 Å². The summed E-state index contributed by atoms with van der Waals surface area (Å²) in [7, 11) is 2.18. The third-order valence-electron chi connectivity index (χ3n) is 5.27. The van der Waals surface area contributed by atoms with Gasteiger partial charge in [-0.25, -0.2) is 4.98 Å². The molecule has 4 rings (SSSR count). The molecule has 2 aromatic rings. The van der Waals surface area contributed by atoms with Gasteiger partial charge in [-0.3, -0.25) is 0 Å². The van der Waals surface area contributed by atoms with Crippen LogP contribution in [0.5, 0.6) is 0 Å². The first kappa shape index (κ1) is 15.1. The lowest BCUT2D eigenvalue weighted by atomic mass is 10.2. The number of piperazine rings is 1. The van der Waals surface area contributed by atoms with E-state index in [4.69, 9.17) is 22.3 Å². The fourth-order valence-electron chi connectivity index (χ4n) is 3.87. The van der Waals surface area contributed by atoms with Gasteiger partial charge in [-0.2, -0.15) is 0 Å². The molecule has 6 heteroatoms. The summed E-state index contributed by atoms with van der Waals surface area (Å²) < 4.78 is 2.43. The number of nitrogen functional groups attached to an aromatic ring is 1. The molecule has 2 aliphatic rings. The number of hydrogen-bond donors (Lipinski definition) is 1. The summed E-state index contributed by atoms with van der Waals surface area (Å²) >= 11 is 6.22. The Bertz CT molecular complexity index is 711. The van der Waals surface area contributed by atoms with Crippen LogP contribution < -0.4 is 10.6 Å². The van der Waals surface area contributed by atoms with Crippen molar-refractivity contribution in [2.75, 3.05) is 43.9 Å². The van der Waals surface area contributed by atoms with Gasteiger partial charge in [0.25, 0.3) is 0 Å². The predicted octanol–water partition coefficient (Wildman–Crippen LogP) is 3.14. The van der Waals surface area contributed by atoms with Gasteiger partial charge in [-0.1, -0.05) is 24.4 Å². The summed E-state index contributed by atoms with van der Waals surface area (Å²) in [4.78, 5) is 9.73. The molecule has 1 aromatic carbocycles. The second kappa shape index (κ2) is 5.87. The van der Waals surface area contributed by atoms with E-state index in [1.807, 2.05) is 12.1 Å². The lowest BCUT2D eigenvalue weighted by molar-refractivity contribution is 0.309. The number of hydrogen-bond acceptors (Lipinski definition) is 4. The van der Waals surface area contributed by atoms with Crippen molar-refractivity contribution in [2.24, 2.45) is 0 Å². The third kappa shape index (κ3) is 2.66. The van der Waals surface area contributed by atoms with Gasteiger partial charge < -0.3 is 20.1 Å². The molecule has 23 heavy (non-hydrogen) atoms. The van der Waals surface area contributed by atoms with Crippen molar-refractivity contribution in [3.63, 3.8) is 0 Å². The molecule has 0 atom stereocenters. The molecule has 1 saturated carbocycles. The van der Waals surface area contributed by atoms with Crippen LogP contribution >= 0.6 is 11.6 Å². The van der Waals surface area contributed by atoms with Crippen molar-refractivity contribution in [3.05, 3.63) is 17.2 Å². The SMILES string of the molecule is CN1CCN(c2nc3cc(Cl)c(N)cc3n2C2CCCC2)CC1. The predicted molar refractivity (Wildman–Crippen MR) is 96.4 cm³/mol. The second-order valence-corrected chi connectivity index (χ2v) is 7.28. The monoisotopic (exact) mass is 333 g/mol. The normalized spacial score (nSPS) is 20.7. The number of rotatable bonds is 2. The van der Waals surface area contributed by atoms with Gasteiger partial charge in [0.15, 0.2) is 0 Å². The number of halogens is 1. The van der Waals surface area contributed by atoms with Crippen molar-refractivity contribution in [1.29, 1.82) is 0 Å². The molecule has 0 spiro atoms. The molecular weight excluding hydrogens is 310 g/mol.